The quantitative estimate of drug-likeness (QED) is 0.859. The minimum absolute atomic E-state index is 0.154. The summed E-state index contributed by atoms with van der Waals surface area (Å²) >= 11 is 0. The standard InChI is InChI=1S/C19H23N5O/c1-15(25)24-9-3-8-23(10-11-24)14-18-13-22(2)21-19(18)17-6-4-16(12-20)5-7-17/h4-7,13H,3,8-11,14H2,1-2H3. The molecule has 130 valence electrons. The highest BCUT2D eigenvalue weighted by molar-refractivity contribution is 5.73. The van der Waals surface area contributed by atoms with Gasteiger partial charge in [0.2, 0.25) is 5.91 Å². The molecule has 0 radical (unpaired) electrons. The molecule has 0 aliphatic carbocycles. The number of hydrogen-bond donors (Lipinski definition) is 0. The Morgan fingerprint density at radius 1 is 1.20 bits per heavy atom. The predicted molar refractivity (Wildman–Crippen MR) is 95.5 cm³/mol. The summed E-state index contributed by atoms with van der Waals surface area (Å²) in [5, 5.41) is 13.6. The molecule has 1 aliphatic rings. The van der Waals surface area contributed by atoms with Gasteiger partial charge in [-0.15, -0.1) is 0 Å². The molecule has 1 saturated heterocycles. The molecule has 0 N–H and O–H groups in total. The fourth-order valence-corrected chi connectivity index (χ4v) is 3.28. The van der Waals surface area contributed by atoms with Crippen molar-refractivity contribution in [2.45, 2.75) is 19.9 Å². The number of benzene rings is 1. The van der Waals surface area contributed by atoms with E-state index in [1.54, 1.807) is 6.92 Å². The molecule has 0 bridgehead atoms. The molecular weight excluding hydrogens is 314 g/mol. The van der Waals surface area contributed by atoms with E-state index in [2.05, 4.69) is 22.3 Å². The van der Waals surface area contributed by atoms with Gasteiger partial charge in [0, 0.05) is 64.0 Å². The van der Waals surface area contributed by atoms with Gasteiger partial charge in [0.05, 0.1) is 17.3 Å². The number of rotatable bonds is 3. The SMILES string of the molecule is CC(=O)N1CCCN(Cc2cn(C)nc2-c2ccc(C#N)cc2)CC1. The first-order chi connectivity index (χ1) is 12.1. The van der Waals surface area contributed by atoms with E-state index in [0.29, 0.717) is 5.56 Å². The highest BCUT2D eigenvalue weighted by Gasteiger charge is 2.19. The van der Waals surface area contributed by atoms with Gasteiger partial charge in [0.15, 0.2) is 0 Å². The third kappa shape index (κ3) is 4.06. The van der Waals surface area contributed by atoms with E-state index in [1.165, 1.54) is 5.56 Å². The minimum atomic E-state index is 0.154. The molecule has 6 nitrogen and oxygen atoms in total. The summed E-state index contributed by atoms with van der Waals surface area (Å²) in [6, 6.07) is 9.69. The third-order valence-corrected chi connectivity index (χ3v) is 4.62. The zero-order valence-electron chi connectivity index (χ0n) is 14.8. The number of nitrogens with zero attached hydrogens (tertiary/aromatic N) is 5. The summed E-state index contributed by atoms with van der Waals surface area (Å²) in [5.74, 6) is 0.154. The molecule has 1 aromatic heterocycles. The molecular formula is C19H23N5O. The molecule has 0 unspecified atom stereocenters. The Labute approximate surface area is 148 Å². The highest BCUT2D eigenvalue weighted by Crippen LogP contribution is 2.24. The van der Waals surface area contributed by atoms with Gasteiger partial charge in [-0.25, -0.2) is 0 Å². The van der Waals surface area contributed by atoms with Gasteiger partial charge in [-0.3, -0.25) is 14.4 Å². The van der Waals surface area contributed by atoms with Gasteiger partial charge < -0.3 is 4.90 Å². The maximum Gasteiger partial charge on any atom is 0.219 e. The van der Waals surface area contributed by atoms with Crippen molar-refractivity contribution in [3.05, 3.63) is 41.6 Å². The Bertz CT molecular complexity index is 787. The topological polar surface area (TPSA) is 65.2 Å². The monoisotopic (exact) mass is 337 g/mol. The van der Waals surface area contributed by atoms with Crippen molar-refractivity contribution in [3.63, 3.8) is 0 Å². The summed E-state index contributed by atoms with van der Waals surface area (Å²) in [7, 11) is 1.93. The maximum atomic E-state index is 11.6. The van der Waals surface area contributed by atoms with Crippen LogP contribution in [0.2, 0.25) is 0 Å². The second kappa shape index (κ2) is 7.49. The van der Waals surface area contributed by atoms with Crippen molar-refractivity contribution in [3.8, 4) is 17.3 Å². The van der Waals surface area contributed by atoms with Crippen LogP contribution < -0.4 is 0 Å². The van der Waals surface area contributed by atoms with Crippen LogP contribution in [0.3, 0.4) is 0 Å². The molecule has 0 spiro atoms. The van der Waals surface area contributed by atoms with Crippen LogP contribution in [0.25, 0.3) is 11.3 Å². The normalized spacial score (nSPS) is 15.6. The van der Waals surface area contributed by atoms with E-state index in [1.807, 2.05) is 40.9 Å². The van der Waals surface area contributed by atoms with Crippen molar-refractivity contribution < 1.29 is 4.79 Å². The molecule has 0 atom stereocenters. The lowest BCUT2D eigenvalue weighted by Crippen LogP contribution is -2.33. The van der Waals surface area contributed by atoms with E-state index in [9.17, 15) is 4.79 Å². The first-order valence-corrected chi connectivity index (χ1v) is 8.58. The number of amides is 1. The summed E-state index contributed by atoms with van der Waals surface area (Å²) in [6.07, 6.45) is 3.05. The Kier molecular flexibility index (Phi) is 5.15. The number of hydrogen-bond acceptors (Lipinski definition) is 4. The highest BCUT2D eigenvalue weighted by atomic mass is 16.2. The second-order valence-corrected chi connectivity index (χ2v) is 6.50. The van der Waals surface area contributed by atoms with Crippen LogP contribution in [0.5, 0.6) is 0 Å². The number of carbonyl (C=O) groups is 1. The molecule has 1 aliphatic heterocycles. The van der Waals surface area contributed by atoms with E-state index in [0.717, 1.165) is 50.4 Å². The van der Waals surface area contributed by atoms with Crippen LogP contribution in [0.4, 0.5) is 0 Å². The van der Waals surface area contributed by atoms with Crippen LogP contribution in [0, 0.1) is 11.3 Å². The molecule has 2 heterocycles. The average Bonchev–Trinajstić information content (AvgIpc) is 2.81. The molecule has 1 amide bonds. The lowest BCUT2D eigenvalue weighted by molar-refractivity contribution is -0.128. The van der Waals surface area contributed by atoms with E-state index < -0.39 is 0 Å². The largest absolute Gasteiger partial charge is 0.342 e. The van der Waals surface area contributed by atoms with Crippen molar-refractivity contribution in [1.29, 1.82) is 5.26 Å². The van der Waals surface area contributed by atoms with Gasteiger partial charge in [0.1, 0.15) is 0 Å². The first-order valence-electron chi connectivity index (χ1n) is 8.58. The fraction of sp³-hybridized carbons (Fsp3) is 0.421. The number of nitriles is 1. The number of aryl methyl sites for hydroxylation is 1. The lowest BCUT2D eigenvalue weighted by Gasteiger charge is -2.21. The Hall–Kier alpha value is -2.65. The molecule has 25 heavy (non-hydrogen) atoms. The summed E-state index contributed by atoms with van der Waals surface area (Å²) in [6.45, 7) is 5.92. The molecule has 0 saturated carbocycles. The molecule has 3 rings (SSSR count). The van der Waals surface area contributed by atoms with E-state index in [-0.39, 0.29) is 5.91 Å². The van der Waals surface area contributed by atoms with Gasteiger partial charge >= 0.3 is 0 Å². The van der Waals surface area contributed by atoms with Crippen LogP contribution in [-0.2, 0) is 18.4 Å². The van der Waals surface area contributed by atoms with E-state index in [4.69, 9.17) is 5.26 Å². The minimum Gasteiger partial charge on any atom is -0.342 e. The molecule has 6 heteroatoms. The number of aromatic nitrogens is 2. The van der Waals surface area contributed by atoms with Crippen molar-refractivity contribution in [2.75, 3.05) is 26.2 Å². The van der Waals surface area contributed by atoms with Crippen molar-refractivity contribution in [2.24, 2.45) is 7.05 Å². The molecule has 1 aromatic carbocycles. The molecule has 2 aromatic rings. The predicted octanol–water partition coefficient (Wildman–Crippen LogP) is 2.01. The zero-order chi connectivity index (χ0) is 17.8. The van der Waals surface area contributed by atoms with Crippen LogP contribution in [0.1, 0.15) is 24.5 Å². The third-order valence-electron chi connectivity index (χ3n) is 4.62. The Morgan fingerprint density at radius 2 is 1.96 bits per heavy atom. The van der Waals surface area contributed by atoms with Gasteiger partial charge in [0.25, 0.3) is 0 Å². The van der Waals surface area contributed by atoms with Crippen molar-refractivity contribution in [1.82, 2.24) is 19.6 Å². The Balaban J connectivity index is 1.77. The lowest BCUT2D eigenvalue weighted by atomic mass is 10.1. The first kappa shape index (κ1) is 17.2. The number of carbonyl (C=O) groups excluding carboxylic acids is 1. The smallest absolute Gasteiger partial charge is 0.219 e. The maximum absolute atomic E-state index is 11.6. The fourth-order valence-electron chi connectivity index (χ4n) is 3.28. The van der Waals surface area contributed by atoms with Gasteiger partial charge in [-0.1, -0.05) is 12.1 Å². The van der Waals surface area contributed by atoms with Crippen molar-refractivity contribution >= 4 is 5.91 Å². The summed E-state index contributed by atoms with van der Waals surface area (Å²) < 4.78 is 1.84. The van der Waals surface area contributed by atoms with Crippen LogP contribution >= 0.6 is 0 Å². The van der Waals surface area contributed by atoms with Gasteiger partial charge in [-0.05, 0) is 18.6 Å². The summed E-state index contributed by atoms with van der Waals surface area (Å²) in [5.41, 5.74) is 3.80. The Morgan fingerprint density at radius 3 is 2.64 bits per heavy atom. The summed E-state index contributed by atoms with van der Waals surface area (Å²) in [4.78, 5) is 15.9. The van der Waals surface area contributed by atoms with Crippen LogP contribution in [-0.4, -0.2) is 51.7 Å². The zero-order valence-corrected chi connectivity index (χ0v) is 14.8. The van der Waals surface area contributed by atoms with Gasteiger partial charge in [-0.2, -0.15) is 10.4 Å². The second-order valence-electron chi connectivity index (χ2n) is 6.50. The van der Waals surface area contributed by atoms with E-state index >= 15 is 0 Å². The average molecular weight is 337 g/mol. The van der Waals surface area contributed by atoms with Crippen LogP contribution in [0.15, 0.2) is 30.5 Å². The molecule has 1 fully saturated rings.